The second-order valence-electron chi connectivity index (χ2n) is 6.49. The van der Waals surface area contributed by atoms with Crippen LogP contribution in [0.25, 0.3) is 0 Å². The number of rotatable bonds is 6. The van der Waals surface area contributed by atoms with E-state index in [1.807, 2.05) is 0 Å². The molecule has 0 aliphatic carbocycles. The summed E-state index contributed by atoms with van der Waals surface area (Å²) >= 11 is 0. The van der Waals surface area contributed by atoms with Gasteiger partial charge < -0.3 is 9.84 Å². The first-order valence-corrected chi connectivity index (χ1v) is 8.98. The zero-order valence-electron chi connectivity index (χ0n) is 16.1. The highest BCUT2D eigenvalue weighted by Crippen LogP contribution is 2.38. The van der Waals surface area contributed by atoms with Gasteiger partial charge in [-0.1, -0.05) is 18.2 Å². The highest BCUT2D eigenvalue weighted by molar-refractivity contribution is 6.37. The Morgan fingerprint density at radius 2 is 1.74 bits per heavy atom. The van der Waals surface area contributed by atoms with Gasteiger partial charge in [-0.2, -0.15) is 10.1 Å². The summed E-state index contributed by atoms with van der Waals surface area (Å²) in [5.74, 6) is -1.82. The number of hydrogen-bond acceptors (Lipinski definition) is 9. The summed E-state index contributed by atoms with van der Waals surface area (Å²) in [5.41, 5.74) is -3.49. The molecule has 1 atom stereocenters. The minimum absolute atomic E-state index is 0.0198. The number of carbonyl (C=O) groups excluding carboxylic acids is 2. The van der Waals surface area contributed by atoms with Gasteiger partial charge in [0.25, 0.3) is 17.3 Å². The topological polar surface area (TPSA) is 165 Å². The van der Waals surface area contributed by atoms with Crippen molar-refractivity contribution in [1.82, 2.24) is 5.01 Å². The number of hydrogen-bond donors (Lipinski definition) is 1. The smallest absolute Gasteiger partial charge is 0.354 e. The molecule has 0 saturated heterocycles. The normalized spacial score (nSPS) is 17.7. The van der Waals surface area contributed by atoms with Crippen LogP contribution in [0.3, 0.4) is 0 Å². The summed E-state index contributed by atoms with van der Waals surface area (Å²) in [7, 11) is 0. The fourth-order valence-electron chi connectivity index (χ4n) is 3.06. The van der Waals surface area contributed by atoms with Crippen LogP contribution in [0.1, 0.15) is 29.3 Å². The van der Waals surface area contributed by atoms with Crippen molar-refractivity contribution in [2.45, 2.75) is 19.1 Å². The van der Waals surface area contributed by atoms with Gasteiger partial charge in [-0.15, -0.1) is 0 Å². The Morgan fingerprint density at radius 3 is 2.35 bits per heavy atom. The first-order valence-electron chi connectivity index (χ1n) is 8.98. The number of nitro groups is 2. The summed E-state index contributed by atoms with van der Waals surface area (Å²) in [6.45, 7) is 1.58. The number of carbonyl (C=O) groups is 2. The quantitative estimate of drug-likeness (QED) is 0.415. The van der Waals surface area contributed by atoms with E-state index in [4.69, 9.17) is 4.74 Å². The lowest BCUT2D eigenvalue weighted by atomic mass is 9.96. The Bertz CT molecular complexity index is 1120. The number of ether oxygens (including phenoxy) is 1. The van der Waals surface area contributed by atoms with Crippen LogP contribution < -0.4 is 0 Å². The predicted molar refractivity (Wildman–Crippen MR) is 105 cm³/mol. The van der Waals surface area contributed by atoms with Crippen LogP contribution in [-0.4, -0.2) is 44.2 Å². The Balaban J connectivity index is 2.09. The van der Waals surface area contributed by atoms with Crippen molar-refractivity contribution in [3.05, 3.63) is 79.9 Å². The molecule has 31 heavy (non-hydrogen) atoms. The van der Waals surface area contributed by atoms with Gasteiger partial charge in [0.2, 0.25) is 0 Å². The standard InChI is InChI=1S/C19H16N4O8/c1-2-31-18(25)16-11-19(26,13-6-4-8-15(10-13)23(29)30)21(20-16)17(24)12-5-3-7-14(9-12)22(27)28/h3-10,26H,2,11H2,1H3/t19-/m1/s1. The van der Waals surface area contributed by atoms with Gasteiger partial charge in [-0.05, 0) is 13.0 Å². The van der Waals surface area contributed by atoms with Crippen LogP contribution in [0.5, 0.6) is 0 Å². The highest BCUT2D eigenvalue weighted by atomic mass is 16.6. The fraction of sp³-hybridized carbons (Fsp3) is 0.211. The van der Waals surface area contributed by atoms with Crippen LogP contribution in [0, 0.1) is 20.2 Å². The Hall–Kier alpha value is -4.19. The fourth-order valence-corrected chi connectivity index (χ4v) is 3.06. The van der Waals surface area contributed by atoms with Gasteiger partial charge in [-0.25, -0.2) is 4.79 Å². The summed E-state index contributed by atoms with van der Waals surface area (Å²) in [4.78, 5) is 46.1. The van der Waals surface area contributed by atoms with Crippen molar-refractivity contribution < 1.29 is 29.3 Å². The van der Waals surface area contributed by atoms with Crippen LogP contribution in [0.4, 0.5) is 11.4 Å². The number of nitrogens with zero attached hydrogens (tertiary/aromatic N) is 4. The third-order valence-corrected chi connectivity index (χ3v) is 4.51. The molecule has 1 aliphatic heterocycles. The molecule has 12 heteroatoms. The van der Waals surface area contributed by atoms with Crippen molar-refractivity contribution in [2.24, 2.45) is 5.10 Å². The van der Waals surface area contributed by atoms with E-state index in [9.17, 15) is 34.9 Å². The molecule has 1 heterocycles. The highest BCUT2D eigenvalue weighted by Gasteiger charge is 2.48. The molecule has 3 rings (SSSR count). The molecular weight excluding hydrogens is 412 g/mol. The first kappa shape index (κ1) is 21.5. The summed E-state index contributed by atoms with van der Waals surface area (Å²) < 4.78 is 4.88. The number of benzene rings is 2. The molecule has 2 aromatic carbocycles. The van der Waals surface area contributed by atoms with Crippen molar-refractivity contribution in [2.75, 3.05) is 6.61 Å². The molecule has 0 spiro atoms. The number of aliphatic hydroxyl groups is 1. The van der Waals surface area contributed by atoms with Crippen molar-refractivity contribution in [3.8, 4) is 0 Å². The zero-order chi connectivity index (χ0) is 22.8. The van der Waals surface area contributed by atoms with Gasteiger partial charge in [0.15, 0.2) is 11.4 Å². The monoisotopic (exact) mass is 428 g/mol. The molecule has 0 radical (unpaired) electrons. The number of non-ortho nitro benzene ring substituents is 2. The molecule has 0 saturated carbocycles. The maximum absolute atomic E-state index is 13.1. The van der Waals surface area contributed by atoms with E-state index in [-0.39, 0.29) is 34.8 Å². The Labute approximate surface area is 174 Å². The molecule has 1 aliphatic rings. The Kier molecular flexibility index (Phi) is 5.75. The molecule has 0 aromatic heterocycles. The molecular formula is C19H16N4O8. The zero-order valence-corrected chi connectivity index (χ0v) is 16.1. The lowest BCUT2D eigenvalue weighted by Crippen LogP contribution is -2.43. The second kappa shape index (κ2) is 8.28. The van der Waals surface area contributed by atoms with Gasteiger partial charge >= 0.3 is 5.97 Å². The third-order valence-electron chi connectivity index (χ3n) is 4.51. The maximum Gasteiger partial charge on any atom is 0.354 e. The summed E-state index contributed by atoms with van der Waals surface area (Å²) in [5, 5.41) is 38.0. The van der Waals surface area contributed by atoms with E-state index in [1.54, 1.807) is 6.92 Å². The largest absolute Gasteiger partial charge is 0.461 e. The molecule has 1 N–H and O–H groups in total. The van der Waals surface area contributed by atoms with Crippen molar-refractivity contribution >= 4 is 29.0 Å². The maximum atomic E-state index is 13.1. The predicted octanol–water partition coefficient (Wildman–Crippen LogP) is 2.11. The average molecular weight is 428 g/mol. The van der Waals surface area contributed by atoms with E-state index >= 15 is 0 Å². The molecule has 2 aromatic rings. The molecule has 0 fully saturated rings. The van der Waals surface area contributed by atoms with E-state index in [1.165, 1.54) is 36.4 Å². The van der Waals surface area contributed by atoms with Gasteiger partial charge in [0.1, 0.15) is 0 Å². The molecule has 160 valence electrons. The lowest BCUT2D eigenvalue weighted by Gasteiger charge is -2.31. The number of nitro benzene ring substituents is 2. The van der Waals surface area contributed by atoms with Crippen LogP contribution in [0.2, 0.25) is 0 Å². The average Bonchev–Trinajstić information content (AvgIpc) is 3.12. The molecule has 0 bridgehead atoms. The van der Waals surface area contributed by atoms with Crippen LogP contribution >= 0.6 is 0 Å². The minimum Gasteiger partial charge on any atom is -0.461 e. The number of esters is 1. The number of hydrazone groups is 1. The van der Waals surface area contributed by atoms with Crippen molar-refractivity contribution in [3.63, 3.8) is 0 Å². The number of amides is 1. The third kappa shape index (κ3) is 4.09. The van der Waals surface area contributed by atoms with Crippen LogP contribution in [0.15, 0.2) is 53.6 Å². The van der Waals surface area contributed by atoms with Gasteiger partial charge in [0, 0.05) is 35.4 Å². The second-order valence-corrected chi connectivity index (χ2v) is 6.49. The van der Waals surface area contributed by atoms with Crippen molar-refractivity contribution in [1.29, 1.82) is 0 Å². The summed E-state index contributed by atoms with van der Waals surface area (Å²) in [6.07, 6.45) is -0.492. The van der Waals surface area contributed by atoms with E-state index < -0.39 is 33.9 Å². The Morgan fingerprint density at radius 1 is 1.13 bits per heavy atom. The van der Waals surface area contributed by atoms with Gasteiger partial charge in [-0.3, -0.25) is 25.0 Å². The minimum atomic E-state index is -2.25. The van der Waals surface area contributed by atoms with E-state index in [2.05, 4.69) is 5.10 Å². The van der Waals surface area contributed by atoms with E-state index in [0.717, 1.165) is 12.1 Å². The first-order chi connectivity index (χ1) is 14.7. The lowest BCUT2D eigenvalue weighted by molar-refractivity contribution is -0.385. The molecule has 1 amide bonds. The van der Waals surface area contributed by atoms with E-state index in [0.29, 0.717) is 5.01 Å². The van der Waals surface area contributed by atoms with Gasteiger partial charge in [0.05, 0.1) is 22.9 Å². The van der Waals surface area contributed by atoms with Crippen LogP contribution in [-0.2, 0) is 15.3 Å². The molecule has 0 unspecified atom stereocenters. The molecule has 12 nitrogen and oxygen atoms in total. The summed E-state index contributed by atoms with van der Waals surface area (Å²) in [6, 6.07) is 9.63. The SMILES string of the molecule is CCOC(=O)C1=NN(C(=O)c2cccc([N+](=O)[O-])c2)[C@](O)(c2cccc([N+](=O)[O-])c2)C1.